The van der Waals surface area contributed by atoms with Crippen molar-refractivity contribution in [1.82, 2.24) is 4.90 Å². The maximum Gasteiger partial charge on any atom is 0.0108 e. The minimum atomic E-state index is 0. The van der Waals surface area contributed by atoms with Crippen LogP contribution in [0.15, 0.2) is 0 Å². The van der Waals surface area contributed by atoms with Gasteiger partial charge in [0.25, 0.3) is 0 Å². The number of halogens is 1. The molecule has 92 valence electrons. The summed E-state index contributed by atoms with van der Waals surface area (Å²) in [6.45, 7) is 5.65. The van der Waals surface area contributed by atoms with Crippen LogP contribution in [-0.4, -0.2) is 42.1 Å². The van der Waals surface area contributed by atoms with Crippen LogP contribution < -0.4 is 5.73 Å². The van der Waals surface area contributed by atoms with Gasteiger partial charge in [-0.3, -0.25) is 4.90 Å². The summed E-state index contributed by atoms with van der Waals surface area (Å²) in [5.41, 5.74) is 5.64. The molecular weight excluding hydrogens is 228 g/mol. The molecular formula is C11H25ClN2S. The molecule has 0 aromatic heterocycles. The number of nitrogens with zero attached hydrogens (tertiary/aromatic N) is 1. The Morgan fingerprint density at radius 1 is 1.40 bits per heavy atom. The van der Waals surface area contributed by atoms with Gasteiger partial charge < -0.3 is 5.73 Å². The molecule has 1 unspecified atom stereocenters. The molecule has 0 amide bonds. The first-order valence-corrected chi connectivity index (χ1v) is 7.05. The maximum absolute atomic E-state index is 5.64. The SMILES string of the molecule is CCSCCN1CCCCC1CCN.Cl. The molecule has 2 nitrogen and oxygen atoms in total. The Bertz CT molecular complexity index is 145. The molecule has 4 heteroatoms. The maximum atomic E-state index is 5.64. The van der Waals surface area contributed by atoms with Crippen LogP contribution >= 0.6 is 24.2 Å². The average Bonchev–Trinajstić information content (AvgIpc) is 2.21. The third kappa shape index (κ3) is 6.00. The van der Waals surface area contributed by atoms with Crippen molar-refractivity contribution < 1.29 is 0 Å². The summed E-state index contributed by atoms with van der Waals surface area (Å²) in [4.78, 5) is 2.65. The van der Waals surface area contributed by atoms with E-state index in [4.69, 9.17) is 5.73 Å². The van der Waals surface area contributed by atoms with Gasteiger partial charge >= 0.3 is 0 Å². The van der Waals surface area contributed by atoms with Crippen molar-refractivity contribution in [2.24, 2.45) is 5.73 Å². The Balaban J connectivity index is 0.00000196. The topological polar surface area (TPSA) is 29.3 Å². The van der Waals surface area contributed by atoms with Gasteiger partial charge in [-0.05, 0) is 38.1 Å². The molecule has 0 aliphatic carbocycles. The number of rotatable bonds is 6. The number of likely N-dealkylation sites (tertiary alicyclic amines) is 1. The highest BCUT2D eigenvalue weighted by molar-refractivity contribution is 7.99. The second-order valence-corrected chi connectivity index (χ2v) is 5.35. The van der Waals surface area contributed by atoms with Gasteiger partial charge in [0, 0.05) is 18.3 Å². The van der Waals surface area contributed by atoms with E-state index in [1.807, 2.05) is 11.8 Å². The second-order valence-electron chi connectivity index (χ2n) is 3.96. The Morgan fingerprint density at radius 2 is 2.20 bits per heavy atom. The number of hydrogen-bond acceptors (Lipinski definition) is 3. The van der Waals surface area contributed by atoms with E-state index in [-0.39, 0.29) is 12.4 Å². The molecule has 0 bridgehead atoms. The minimum absolute atomic E-state index is 0. The molecule has 1 heterocycles. The van der Waals surface area contributed by atoms with E-state index >= 15 is 0 Å². The second kappa shape index (κ2) is 9.76. The minimum Gasteiger partial charge on any atom is -0.330 e. The fourth-order valence-corrected chi connectivity index (χ4v) is 2.85. The van der Waals surface area contributed by atoms with Crippen LogP contribution in [-0.2, 0) is 0 Å². The molecule has 0 aromatic carbocycles. The molecule has 1 aliphatic rings. The molecule has 15 heavy (non-hydrogen) atoms. The number of thioether (sulfide) groups is 1. The third-order valence-electron chi connectivity index (χ3n) is 2.98. The van der Waals surface area contributed by atoms with E-state index in [1.54, 1.807) is 0 Å². The van der Waals surface area contributed by atoms with Gasteiger partial charge in [-0.25, -0.2) is 0 Å². The Labute approximate surface area is 105 Å². The molecule has 0 radical (unpaired) electrons. The van der Waals surface area contributed by atoms with Crippen LogP contribution in [0.4, 0.5) is 0 Å². The van der Waals surface area contributed by atoms with Gasteiger partial charge in [-0.15, -0.1) is 12.4 Å². The zero-order valence-electron chi connectivity index (χ0n) is 9.78. The first-order chi connectivity index (χ1) is 6.88. The van der Waals surface area contributed by atoms with Crippen LogP contribution in [0.1, 0.15) is 32.6 Å². The standard InChI is InChI=1S/C11H24N2S.ClH/c1-2-14-10-9-13-8-4-3-5-11(13)6-7-12;/h11H,2-10,12H2,1H3;1H. The fraction of sp³-hybridized carbons (Fsp3) is 1.00. The van der Waals surface area contributed by atoms with Crippen LogP contribution in [0.2, 0.25) is 0 Å². The molecule has 0 saturated carbocycles. The quantitative estimate of drug-likeness (QED) is 0.736. The number of piperidine rings is 1. The smallest absolute Gasteiger partial charge is 0.0108 e. The molecule has 0 aromatic rings. The Kier molecular flexibility index (Phi) is 10.1. The van der Waals surface area contributed by atoms with Crippen LogP contribution in [0.25, 0.3) is 0 Å². The Morgan fingerprint density at radius 3 is 2.87 bits per heavy atom. The zero-order valence-corrected chi connectivity index (χ0v) is 11.4. The first-order valence-electron chi connectivity index (χ1n) is 5.90. The van der Waals surface area contributed by atoms with E-state index in [2.05, 4.69) is 11.8 Å². The van der Waals surface area contributed by atoms with E-state index in [9.17, 15) is 0 Å². The van der Waals surface area contributed by atoms with Crippen LogP contribution in [0, 0.1) is 0 Å². The predicted molar refractivity (Wildman–Crippen MR) is 73.1 cm³/mol. The summed E-state index contributed by atoms with van der Waals surface area (Å²) in [5, 5.41) is 0. The lowest BCUT2D eigenvalue weighted by Crippen LogP contribution is -2.41. The summed E-state index contributed by atoms with van der Waals surface area (Å²) in [7, 11) is 0. The highest BCUT2D eigenvalue weighted by Crippen LogP contribution is 2.19. The average molecular weight is 253 g/mol. The van der Waals surface area contributed by atoms with Crippen molar-refractivity contribution in [3.8, 4) is 0 Å². The van der Waals surface area contributed by atoms with Crippen molar-refractivity contribution in [1.29, 1.82) is 0 Å². The summed E-state index contributed by atoms with van der Waals surface area (Å²) in [5.74, 6) is 2.53. The Hall–Kier alpha value is 0.560. The van der Waals surface area contributed by atoms with Gasteiger partial charge in [0.1, 0.15) is 0 Å². The van der Waals surface area contributed by atoms with Crippen molar-refractivity contribution in [2.45, 2.75) is 38.6 Å². The van der Waals surface area contributed by atoms with Gasteiger partial charge in [0.2, 0.25) is 0 Å². The van der Waals surface area contributed by atoms with Crippen molar-refractivity contribution in [2.75, 3.05) is 31.1 Å². The monoisotopic (exact) mass is 252 g/mol. The molecule has 1 aliphatic heterocycles. The van der Waals surface area contributed by atoms with E-state index in [0.29, 0.717) is 0 Å². The summed E-state index contributed by atoms with van der Waals surface area (Å²) < 4.78 is 0. The normalized spacial score (nSPS) is 22.4. The van der Waals surface area contributed by atoms with Crippen LogP contribution in [0.3, 0.4) is 0 Å². The van der Waals surface area contributed by atoms with Gasteiger partial charge in [-0.2, -0.15) is 11.8 Å². The lowest BCUT2D eigenvalue weighted by Gasteiger charge is -2.35. The van der Waals surface area contributed by atoms with Crippen molar-refractivity contribution in [3.05, 3.63) is 0 Å². The first kappa shape index (κ1) is 15.6. The van der Waals surface area contributed by atoms with E-state index in [0.717, 1.165) is 12.6 Å². The van der Waals surface area contributed by atoms with E-state index in [1.165, 1.54) is 50.3 Å². The third-order valence-corrected chi connectivity index (χ3v) is 3.86. The lowest BCUT2D eigenvalue weighted by atomic mass is 9.99. The summed E-state index contributed by atoms with van der Waals surface area (Å²) in [6.07, 6.45) is 5.35. The lowest BCUT2D eigenvalue weighted by molar-refractivity contribution is 0.151. The fourth-order valence-electron chi connectivity index (χ4n) is 2.20. The van der Waals surface area contributed by atoms with Gasteiger partial charge in [-0.1, -0.05) is 13.3 Å². The van der Waals surface area contributed by atoms with Gasteiger partial charge in [0.05, 0.1) is 0 Å². The largest absolute Gasteiger partial charge is 0.330 e. The molecule has 1 saturated heterocycles. The highest BCUT2D eigenvalue weighted by atomic mass is 35.5. The van der Waals surface area contributed by atoms with Crippen molar-refractivity contribution in [3.63, 3.8) is 0 Å². The molecule has 1 fully saturated rings. The van der Waals surface area contributed by atoms with E-state index < -0.39 is 0 Å². The number of hydrogen-bond donors (Lipinski definition) is 1. The predicted octanol–water partition coefficient (Wildman–Crippen LogP) is 2.36. The zero-order chi connectivity index (χ0) is 10.2. The molecule has 1 rings (SSSR count). The molecule has 0 spiro atoms. The molecule has 2 N–H and O–H groups in total. The number of nitrogens with two attached hydrogens (primary N) is 1. The summed E-state index contributed by atoms with van der Waals surface area (Å²) >= 11 is 2.05. The van der Waals surface area contributed by atoms with Gasteiger partial charge in [0.15, 0.2) is 0 Å². The highest BCUT2D eigenvalue weighted by Gasteiger charge is 2.20. The van der Waals surface area contributed by atoms with Crippen LogP contribution in [0.5, 0.6) is 0 Å². The molecule has 1 atom stereocenters. The van der Waals surface area contributed by atoms with Crippen molar-refractivity contribution >= 4 is 24.2 Å². The summed E-state index contributed by atoms with van der Waals surface area (Å²) in [6, 6.07) is 0.784.